The summed E-state index contributed by atoms with van der Waals surface area (Å²) >= 11 is 0. The largest absolute Gasteiger partial charge is 0.382 e. The monoisotopic (exact) mass is 285 g/mol. The molecule has 0 aliphatic heterocycles. The fraction of sp³-hybridized carbons (Fsp3) is 0.267. The summed E-state index contributed by atoms with van der Waals surface area (Å²) in [5, 5.41) is 0. The van der Waals surface area contributed by atoms with Gasteiger partial charge in [0.15, 0.2) is 11.5 Å². The Labute approximate surface area is 123 Å². The van der Waals surface area contributed by atoms with Gasteiger partial charge in [0, 0.05) is 32.0 Å². The van der Waals surface area contributed by atoms with Gasteiger partial charge in [-0.1, -0.05) is 30.3 Å². The Hall–Kier alpha value is -2.47. The number of nitrogens with zero attached hydrogens (tertiary/aromatic N) is 3. The Bertz CT molecular complexity index is 588. The van der Waals surface area contributed by atoms with Crippen molar-refractivity contribution in [1.29, 1.82) is 0 Å². The summed E-state index contributed by atoms with van der Waals surface area (Å²) in [6.07, 6.45) is 3.68. The highest BCUT2D eigenvalue weighted by Crippen LogP contribution is 2.09. The van der Waals surface area contributed by atoms with Crippen LogP contribution in [0.25, 0.3) is 0 Å². The zero-order valence-corrected chi connectivity index (χ0v) is 11.8. The van der Waals surface area contributed by atoms with Gasteiger partial charge in [-0.25, -0.2) is 9.97 Å². The lowest BCUT2D eigenvalue weighted by atomic mass is 10.1. The van der Waals surface area contributed by atoms with Gasteiger partial charge >= 0.3 is 0 Å². The molecule has 1 heterocycles. The molecule has 0 saturated carbocycles. The van der Waals surface area contributed by atoms with Gasteiger partial charge in [0.1, 0.15) is 0 Å². The number of rotatable bonds is 6. The zero-order valence-electron chi connectivity index (χ0n) is 11.8. The van der Waals surface area contributed by atoms with Crippen LogP contribution in [0, 0.1) is 0 Å². The third-order valence-corrected chi connectivity index (χ3v) is 3.13. The first-order valence-corrected chi connectivity index (χ1v) is 6.82. The summed E-state index contributed by atoms with van der Waals surface area (Å²) in [5.74, 6) is -0.0915. The van der Waals surface area contributed by atoms with E-state index < -0.39 is 0 Å². The molecule has 6 heteroatoms. The second-order valence-electron chi connectivity index (χ2n) is 4.61. The van der Waals surface area contributed by atoms with Crippen molar-refractivity contribution in [3.05, 3.63) is 54.0 Å². The lowest BCUT2D eigenvalue weighted by molar-refractivity contribution is 0.0757. The molecule has 110 valence electrons. The van der Waals surface area contributed by atoms with Gasteiger partial charge in [0.2, 0.25) is 0 Å². The van der Waals surface area contributed by atoms with Crippen LogP contribution < -0.4 is 11.5 Å². The Morgan fingerprint density at radius 2 is 1.81 bits per heavy atom. The third kappa shape index (κ3) is 4.00. The first kappa shape index (κ1) is 14.9. The van der Waals surface area contributed by atoms with Crippen LogP contribution in [0.15, 0.2) is 42.7 Å². The molecule has 1 aromatic heterocycles. The SMILES string of the molecule is NCCN(CCc1ccccc1)C(=O)c1nccnc1N. The van der Waals surface area contributed by atoms with Crippen molar-refractivity contribution in [2.75, 3.05) is 25.4 Å². The van der Waals surface area contributed by atoms with Crippen molar-refractivity contribution in [2.45, 2.75) is 6.42 Å². The van der Waals surface area contributed by atoms with Gasteiger partial charge in [0.05, 0.1) is 0 Å². The number of amides is 1. The van der Waals surface area contributed by atoms with E-state index >= 15 is 0 Å². The van der Waals surface area contributed by atoms with Gasteiger partial charge < -0.3 is 16.4 Å². The Balaban J connectivity index is 2.08. The van der Waals surface area contributed by atoms with Gasteiger partial charge in [-0.05, 0) is 12.0 Å². The van der Waals surface area contributed by atoms with E-state index in [0.29, 0.717) is 19.6 Å². The Morgan fingerprint density at radius 1 is 1.10 bits per heavy atom. The third-order valence-electron chi connectivity index (χ3n) is 3.13. The molecule has 4 N–H and O–H groups in total. The van der Waals surface area contributed by atoms with E-state index in [1.807, 2.05) is 30.3 Å². The molecule has 2 rings (SSSR count). The van der Waals surface area contributed by atoms with Crippen molar-refractivity contribution in [1.82, 2.24) is 14.9 Å². The minimum atomic E-state index is -0.234. The summed E-state index contributed by atoms with van der Waals surface area (Å²) in [6.45, 7) is 1.42. The van der Waals surface area contributed by atoms with Crippen LogP contribution in [0.3, 0.4) is 0 Å². The highest BCUT2D eigenvalue weighted by Gasteiger charge is 2.19. The van der Waals surface area contributed by atoms with Crippen LogP contribution in [-0.4, -0.2) is 40.4 Å². The minimum absolute atomic E-state index is 0.143. The second kappa shape index (κ2) is 7.35. The van der Waals surface area contributed by atoms with Crippen molar-refractivity contribution in [3.8, 4) is 0 Å². The quantitative estimate of drug-likeness (QED) is 0.814. The van der Waals surface area contributed by atoms with E-state index in [4.69, 9.17) is 11.5 Å². The molecule has 0 fully saturated rings. The number of nitrogens with two attached hydrogens (primary N) is 2. The summed E-state index contributed by atoms with van der Waals surface area (Å²) < 4.78 is 0. The summed E-state index contributed by atoms with van der Waals surface area (Å²) in [5.41, 5.74) is 12.6. The maximum absolute atomic E-state index is 12.5. The second-order valence-corrected chi connectivity index (χ2v) is 4.61. The first-order chi connectivity index (χ1) is 10.2. The van der Waals surface area contributed by atoms with Crippen molar-refractivity contribution >= 4 is 11.7 Å². The summed E-state index contributed by atoms with van der Waals surface area (Å²) in [4.78, 5) is 22.0. The lowest BCUT2D eigenvalue weighted by Crippen LogP contribution is -2.37. The molecule has 6 nitrogen and oxygen atoms in total. The van der Waals surface area contributed by atoms with Crippen LogP contribution in [-0.2, 0) is 6.42 Å². The van der Waals surface area contributed by atoms with Gasteiger partial charge in [-0.3, -0.25) is 4.79 Å². The van der Waals surface area contributed by atoms with E-state index in [9.17, 15) is 4.79 Å². The molecule has 0 aliphatic carbocycles. The molecular weight excluding hydrogens is 266 g/mol. The van der Waals surface area contributed by atoms with Crippen LogP contribution in [0.1, 0.15) is 16.1 Å². The molecule has 21 heavy (non-hydrogen) atoms. The van der Waals surface area contributed by atoms with E-state index in [1.54, 1.807) is 4.90 Å². The highest BCUT2D eigenvalue weighted by atomic mass is 16.2. The van der Waals surface area contributed by atoms with E-state index in [-0.39, 0.29) is 17.4 Å². The number of hydrogen-bond acceptors (Lipinski definition) is 5. The maximum Gasteiger partial charge on any atom is 0.276 e. The summed E-state index contributed by atoms with van der Waals surface area (Å²) in [7, 11) is 0. The average Bonchev–Trinajstić information content (AvgIpc) is 2.52. The van der Waals surface area contributed by atoms with Gasteiger partial charge in [-0.15, -0.1) is 0 Å². The number of hydrogen-bond donors (Lipinski definition) is 2. The van der Waals surface area contributed by atoms with Crippen molar-refractivity contribution < 1.29 is 4.79 Å². The Morgan fingerprint density at radius 3 is 2.48 bits per heavy atom. The molecule has 0 saturated heterocycles. The smallest absolute Gasteiger partial charge is 0.276 e. The van der Waals surface area contributed by atoms with Gasteiger partial charge in [0.25, 0.3) is 5.91 Å². The topological polar surface area (TPSA) is 98.1 Å². The molecule has 1 amide bonds. The highest BCUT2D eigenvalue weighted by molar-refractivity contribution is 5.96. The molecule has 0 atom stereocenters. The van der Waals surface area contributed by atoms with E-state index in [2.05, 4.69) is 9.97 Å². The van der Waals surface area contributed by atoms with Crippen LogP contribution in [0.4, 0.5) is 5.82 Å². The number of carbonyl (C=O) groups is 1. The molecule has 0 bridgehead atoms. The number of benzene rings is 1. The van der Waals surface area contributed by atoms with Crippen molar-refractivity contribution in [3.63, 3.8) is 0 Å². The first-order valence-electron chi connectivity index (χ1n) is 6.82. The molecule has 1 aromatic carbocycles. The maximum atomic E-state index is 12.5. The van der Waals surface area contributed by atoms with E-state index in [0.717, 1.165) is 6.42 Å². The molecule has 0 unspecified atom stereocenters. The molecule has 0 spiro atoms. The molecular formula is C15H19N5O. The Kier molecular flexibility index (Phi) is 5.22. The molecule has 2 aromatic rings. The molecule has 0 aliphatic rings. The zero-order chi connectivity index (χ0) is 15.1. The number of aromatic nitrogens is 2. The fourth-order valence-corrected chi connectivity index (χ4v) is 2.04. The van der Waals surface area contributed by atoms with Crippen LogP contribution in [0.2, 0.25) is 0 Å². The van der Waals surface area contributed by atoms with E-state index in [1.165, 1.54) is 18.0 Å². The normalized spacial score (nSPS) is 10.3. The fourth-order valence-electron chi connectivity index (χ4n) is 2.04. The predicted molar refractivity (Wildman–Crippen MR) is 81.5 cm³/mol. The summed E-state index contributed by atoms with van der Waals surface area (Å²) in [6, 6.07) is 9.98. The minimum Gasteiger partial charge on any atom is -0.382 e. The van der Waals surface area contributed by atoms with Crippen molar-refractivity contribution in [2.24, 2.45) is 5.73 Å². The lowest BCUT2D eigenvalue weighted by Gasteiger charge is -2.22. The number of nitrogen functional groups attached to an aromatic ring is 1. The van der Waals surface area contributed by atoms with Crippen LogP contribution in [0.5, 0.6) is 0 Å². The molecule has 0 radical (unpaired) electrons. The average molecular weight is 285 g/mol. The number of carbonyl (C=O) groups excluding carboxylic acids is 1. The van der Waals surface area contributed by atoms with Crippen LogP contribution >= 0.6 is 0 Å². The van der Waals surface area contributed by atoms with Gasteiger partial charge in [-0.2, -0.15) is 0 Å². The predicted octanol–water partition coefficient (Wildman–Crippen LogP) is 0.702. The standard InChI is InChI=1S/C15H19N5O/c16-7-11-20(10-6-12-4-2-1-3-5-12)15(21)13-14(17)19-9-8-18-13/h1-5,8-9H,6-7,10-11,16H2,(H2,17,19). The number of anilines is 1.